The van der Waals surface area contributed by atoms with Crippen LogP contribution >= 0.6 is 0 Å². The van der Waals surface area contributed by atoms with Crippen LogP contribution < -0.4 is 9.88 Å². The van der Waals surface area contributed by atoms with Crippen molar-refractivity contribution in [1.29, 1.82) is 0 Å². The average Bonchev–Trinajstić information content (AvgIpc) is 2.98. The van der Waals surface area contributed by atoms with Crippen molar-refractivity contribution in [1.82, 2.24) is 9.88 Å². The second-order valence-electron chi connectivity index (χ2n) is 5.30. The van der Waals surface area contributed by atoms with Gasteiger partial charge in [0.25, 0.3) is 6.33 Å². The van der Waals surface area contributed by atoms with Gasteiger partial charge in [0.15, 0.2) is 12.2 Å². The van der Waals surface area contributed by atoms with Gasteiger partial charge in [0.1, 0.15) is 12.2 Å². The fourth-order valence-corrected chi connectivity index (χ4v) is 2.57. The van der Waals surface area contributed by atoms with Crippen molar-refractivity contribution in [3.05, 3.63) is 54.1 Å². The summed E-state index contributed by atoms with van der Waals surface area (Å²) < 4.78 is 7.70. The second kappa shape index (κ2) is 6.04. The molecule has 0 saturated heterocycles. The maximum atomic E-state index is 12.2. The van der Waals surface area contributed by atoms with Gasteiger partial charge in [0, 0.05) is 12.0 Å². The number of hydrogen-bond donors (Lipinski definition) is 1. The van der Waals surface area contributed by atoms with E-state index in [-0.39, 0.29) is 12.3 Å². The highest BCUT2D eigenvalue weighted by molar-refractivity contribution is 5.95. The lowest BCUT2D eigenvalue weighted by molar-refractivity contribution is -0.682. The van der Waals surface area contributed by atoms with Crippen LogP contribution in [0.15, 0.2) is 42.9 Å². The first-order valence-electron chi connectivity index (χ1n) is 7.15. The lowest BCUT2D eigenvalue weighted by atomic mass is 10.1. The molecule has 0 spiro atoms. The monoisotopic (exact) mass is 314 g/mol. The SMILES string of the molecule is COC(=O)C1Cc2c[n+](CC(=O)c3ccccc3)cn2C(=O)N1. The molecule has 3 rings (SSSR count). The lowest BCUT2D eigenvalue weighted by Gasteiger charge is -2.17. The van der Waals surface area contributed by atoms with Crippen LogP contribution in [0.25, 0.3) is 0 Å². The molecule has 118 valence electrons. The quantitative estimate of drug-likeness (QED) is 0.500. The van der Waals surface area contributed by atoms with Gasteiger partial charge in [-0.15, -0.1) is 4.57 Å². The minimum atomic E-state index is -0.701. The van der Waals surface area contributed by atoms with Crippen LogP contribution in [0.3, 0.4) is 0 Å². The van der Waals surface area contributed by atoms with Gasteiger partial charge in [0.2, 0.25) is 5.78 Å². The number of Topliss-reactive ketones (excluding diaryl/α,β-unsaturated/α-hetero) is 1. The van der Waals surface area contributed by atoms with E-state index in [0.29, 0.717) is 17.7 Å². The van der Waals surface area contributed by atoms with Crippen LogP contribution in [0, 0.1) is 0 Å². The number of benzene rings is 1. The third-order valence-electron chi connectivity index (χ3n) is 3.73. The number of ketones is 1. The van der Waals surface area contributed by atoms with E-state index in [2.05, 4.69) is 10.1 Å². The molecule has 23 heavy (non-hydrogen) atoms. The summed E-state index contributed by atoms with van der Waals surface area (Å²) in [5.41, 5.74) is 1.27. The lowest BCUT2D eigenvalue weighted by Crippen LogP contribution is -2.49. The summed E-state index contributed by atoms with van der Waals surface area (Å²) in [6, 6.07) is 7.84. The molecule has 1 aliphatic rings. The Morgan fingerprint density at radius 3 is 2.78 bits per heavy atom. The van der Waals surface area contributed by atoms with Crippen LogP contribution in [0.1, 0.15) is 16.1 Å². The first-order valence-corrected chi connectivity index (χ1v) is 7.15. The second-order valence-corrected chi connectivity index (χ2v) is 5.30. The molecule has 1 atom stereocenters. The Hall–Kier alpha value is -2.96. The van der Waals surface area contributed by atoms with Gasteiger partial charge >= 0.3 is 12.0 Å². The number of nitrogens with one attached hydrogen (secondary N) is 1. The third kappa shape index (κ3) is 2.98. The molecule has 7 nitrogen and oxygen atoms in total. The van der Waals surface area contributed by atoms with Crippen LogP contribution in [-0.2, 0) is 22.5 Å². The Labute approximate surface area is 132 Å². The van der Waals surface area contributed by atoms with Crippen LogP contribution in [0.2, 0.25) is 0 Å². The van der Waals surface area contributed by atoms with Crippen molar-refractivity contribution in [2.75, 3.05) is 7.11 Å². The Balaban J connectivity index is 1.79. The van der Waals surface area contributed by atoms with E-state index in [4.69, 9.17) is 0 Å². The molecule has 2 aromatic rings. The molecule has 0 saturated carbocycles. The minimum absolute atomic E-state index is 0.0523. The van der Waals surface area contributed by atoms with E-state index < -0.39 is 18.0 Å². The Morgan fingerprint density at radius 2 is 2.09 bits per heavy atom. The summed E-state index contributed by atoms with van der Waals surface area (Å²) in [7, 11) is 1.28. The summed E-state index contributed by atoms with van der Waals surface area (Å²) in [5, 5.41) is 2.57. The van der Waals surface area contributed by atoms with Gasteiger partial charge in [-0.25, -0.2) is 14.2 Å². The summed E-state index contributed by atoms with van der Waals surface area (Å²) in [6.07, 6.45) is 3.58. The molecule has 1 N–H and O–H groups in total. The molecule has 0 bridgehead atoms. The maximum absolute atomic E-state index is 12.2. The van der Waals surface area contributed by atoms with Crippen molar-refractivity contribution in [3.8, 4) is 0 Å². The fraction of sp³-hybridized carbons (Fsp3) is 0.250. The van der Waals surface area contributed by atoms with Gasteiger partial charge in [-0.3, -0.25) is 4.79 Å². The predicted molar refractivity (Wildman–Crippen MR) is 78.8 cm³/mol. The zero-order valence-corrected chi connectivity index (χ0v) is 12.6. The molecule has 2 heterocycles. The highest BCUT2D eigenvalue weighted by Crippen LogP contribution is 2.10. The highest BCUT2D eigenvalue weighted by Gasteiger charge is 2.35. The Kier molecular flexibility index (Phi) is 3.92. The molecule has 1 aromatic carbocycles. The molecule has 0 aliphatic carbocycles. The fourth-order valence-electron chi connectivity index (χ4n) is 2.57. The maximum Gasteiger partial charge on any atom is 0.414 e. The number of esters is 1. The predicted octanol–water partition coefficient (Wildman–Crippen LogP) is 0.314. The number of ether oxygens (including phenoxy) is 1. The average molecular weight is 314 g/mol. The first kappa shape index (κ1) is 15.0. The van der Waals surface area contributed by atoms with Gasteiger partial charge in [0.05, 0.1) is 7.11 Å². The van der Waals surface area contributed by atoms with Crippen molar-refractivity contribution < 1.29 is 23.7 Å². The molecule has 0 fully saturated rings. The van der Waals surface area contributed by atoms with Crippen molar-refractivity contribution in [3.63, 3.8) is 0 Å². The van der Waals surface area contributed by atoms with E-state index in [1.54, 1.807) is 41.4 Å². The summed E-state index contributed by atoms with van der Waals surface area (Å²) in [6.45, 7) is 0.125. The third-order valence-corrected chi connectivity index (χ3v) is 3.73. The summed E-state index contributed by atoms with van der Waals surface area (Å²) in [5.74, 6) is -0.541. The van der Waals surface area contributed by atoms with Crippen molar-refractivity contribution >= 4 is 17.8 Å². The molecule has 1 aliphatic heterocycles. The van der Waals surface area contributed by atoms with Gasteiger partial charge in [-0.1, -0.05) is 30.3 Å². The summed E-state index contributed by atoms with van der Waals surface area (Å²) in [4.78, 5) is 35.8. The highest BCUT2D eigenvalue weighted by atomic mass is 16.5. The number of carbonyl (C=O) groups is 3. The molecular formula is C16H16N3O4+. The number of hydrogen-bond acceptors (Lipinski definition) is 4. The number of imidazole rings is 1. The number of rotatable bonds is 4. The van der Waals surface area contributed by atoms with E-state index in [0.717, 1.165) is 0 Å². The molecule has 1 unspecified atom stereocenters. The number of amides is 1. The van der Waals surface area contributed by atoms with Crippen molar-refractivity contribution in [2.45, 2.75) is 19.0 Å². The van der Waals surface area contributed by atoms with Crippen LogP contribution in [-0.4, -0.2) is 35.5 Å². The number of carbonyl (C=O) groups excluding carboxylic acids is 3. The number of methoxy groups -OCH3 is 1. The van der Waals surface area contributed by atoms with Crippen LogP contribution in [0.4, 0.5) is 4.79 Å². The number of nitrogens with zero attached hydrogens (tertiary/aromatic N) is 2. The standard InChI is InChI=1S/C16H15N3O4/c1-23-15(21)13-7-12-8-18(10-19(12)16(22)17-13)9-14(20)11-5-3-2-4-6-11/h2-6,8,10,13H,7,9H2,1H3/p+1. The molecule has 1 aromatic heterocycles. The normalized spacial score (nSPS) is 16.4. The number of fused-ring (bicyclic) bond motifs is 1. The van der Waals surface area contributed by atoms with E-state index in [9.17, 15) is 14.4 Å². The molecule has 1 amide bonds. The summed E-state index contributed by atoms with van der Waals surface area (Å²) >= 11 is 0. The van der Waals surface area contributed by atoms with Crippen LogP contribution in [0.5, 0.6) is 0 Å². The first-order chi connectivity index (χ1) is 11.1. The zero-order chi connectivity index (χ0) is 16.4. The molecule has 7 heteroatoms. The van der Waals surface area contributed by atoms with Gasteiger partial charge < -0.3 is 10.1 Å². The minimum Gasteiger partial charge on any atom is -0.467 e. The number of aromatic nitrogens is 2. The Bertz CT molecular complexity index is 767. The zero-order valence-electron chi connectivity index (χ0n) is 12.6. The van der Waals surface area contributed by atoms with E-state index in [1.807, 2.05) is 6.07 Å². The largest absolute Gasteiger partial charge is 0.467 e. The van der Waals surface area contributed by atoms with E-state index >= 15 is 0 Å². The van der Waals surface area contributed by atoms with Gasteiger partial charge in [-0.05, 0) is 0 Å². The van der Waals surface area contributed by atoms with E-state index in [1.165, 1.54) is 11.7 Å². The van der Waals surface area contributed by atoms with Crippen molar-refractivity contribution in [2.24, 2.45) is 0 Å². The topological polar surface area (TPSA) is 81.3 Å². The molecular weight excluding hydrogens is 298 g/mol. The molecule has 0 radical (unpaired) electrons. The smallest absolute Gasteiger partial charge is 0.414 e. The Morgan fingerprint density at radius 1 is 1.35 bits per heavy atom. The van der Waals surface area contributed by atoms with Gasteiger partial charge in [-0.2, -0.15) is 0 Å².